The quantitative estimate of drug-likeness (QED) is 0.474. The smallest absolute Gasteiger partial charge is 0.123 e. The molecule has 2 aromatic carbocycles. The van der Waals surface area contributed by atoms with Gasteiger partial charge < -0.3 is 5.11 Å². The monoisotopic (exact) mass is 340 g/mol. The highest BCUT2D eigenvalue weighted by molar-refractivity contribution is 5.92. The van der Waals surface area contributed by atoms with Gasteiger partial charge in [0.25, 0.3) is 0 Å². The molecule has 1 nitrogen and oxygen atoms in total. The van der Waals surface area contributed by atoms with Gasteiger partial charge in [0.05, 0.1) is 0 Å². The zero-order valence-electron chi connectivity index (χ0n) is 16.7. The maximum atomic E-state index is 10.6. The van der Waals surface area contributed by atoms with Crippen LogP contribution in [0, 0.1) is 0 Å². The van der Waals surface area contributed by atoms with Crippen LogP contribution in [0.5, 0.6) is 5.75 Å². The standard InChI is InChI=1S/C24H36O/c1-5-9-17-24(15-7-3,16-8-4)23-19(12-6-2)18-22(25)20-13-10-11-14-21(20)23/h10-11,13-14,18,25H,5-9,12,15-17H2,1-4H3. The van der Waals surface area contributed by atoms with Crippen molar-refractivity contribution < 1.29 is 5.11 Å². The van der Waals surface area contributed by atoms with Crippen molar-refractivity contribution in [3.8, 4) is 5.75 Å². The molecule has 0 aliphatic rings. The number of hydrogen-bond acceptors (Lipinski definition) is 1. The van der Waals surface area contributed by atoms with Crippen LogP contribution in [-0.2, 0) is 11.8 Å². The Kier molecular flexibility index (Phi) is 7.35. The van der Waals surface area contributed by atoms with Crippen LogP contribution < -0.4 is 0 Å². The van der Waals surface area contributed by atoms with Gasteiger partial charge in [0.15, 0.2) is 0 Å². The van der Waals surface area contributed by atoms with Crippen LogP contribution in [0.3, 0.4) is 0 Å². The van der Waals surface area contributed by atoms with Gasteiger partial charge in [-0.2, -0.15) is 0 Å². The van der Waals surface area contributed by atoms with E-state index in [1.165, 1.54) is 55.9 Å². The molecule has 0 aromatic heterocycles. The highest BCUT2D eigenvalue weighted by Crippen LogP contribution is 2.46. The molecule has 1 N–H and O–H groups in total. The molecule has 0 heterocycles. The van der Waals surface area contributed by atoms with E-state index >= 15 is 0 Å². The summed E-state index contributed by atoms with van der Waals surface area (Å²) in [7, 11) is 0. The molecule has 0 saturated heterocycles. The van der Waals surface area contributed by atoms with Crippen molar-refractivity contribution in [1.29, 1.82) is 0 Å². The minimum atomic E-state index is 0.247. The van der Waals surface area contributed by atoms with Crippen molar-refractivity contribution in [2.24, 2.45) is 0 Å². The van der Waals surface area contributed by atoms with Gasteiger partial charge in [-0.3, -0.25) is 0 Å². The summed E-state index contributed by atoms with van der Waals surface area (Å²) in [4.78, 5) is 0. The molecule has 0 amide bonds. The number of hydrogen-bond donors (Lipinski definition) is 1. The van der Waals surface area contributed by atoms with E-state index in [9.17, 15) is 5.11 Å². The van der Waals surface area contributed by atoms with E-state index in [0.29, 0.717) is 5.75 Å². The van der Waals surface area contributed by atoms with E-state index in [0.717, 1.165) is 18.2 Å². The number of rotatable bonds is 10. The van der Waals surface area contributed by atoms with Gasteiger partial charge in [0, 0.05) is 5.39 Å². The normalized spacial score (nSPS) is 12.0. The Morgan fingerprint density at radius 2 is 1.44 bits per heavy atom. The second-order valence-electron chi connectivity index (χ2n) is 7.61. The van der Waals surface area contributed by atoms with E-state index in [1.54, 1.807) is 5.56 Å². The Morgan fingerprint density at radius 1 is 0.800 bits per heavy atom. The molecule has 0 fully saturated rings. The third kappa shape index (κ3) is 4.19. The lowest BCUT2D eigenvalue weighted by Crippen LogP contribution is -2.28. The Labute approximate surface area is 154 Å². The van der Waals surface area contributed by atoms with Crippen LogP contribution in [0.2, 0.25) is 0 Å². The average molecular weight is 341 g/mol. The fourth-order valence-electron chi connectivity index (χ4n) is 4.73. The zero-order valence-corrected chi connectivity index (χ0v) is 16.7. The minimum Gasteiger partial charge on any atom is -0.507 e. The Hall–Kier alpha value is -1.50. The SMILES string of the molecule is CCCCC(CCC)(CCC)c1c(CCC)cc(O)c2ccccc12. The second kappa shape index (κ2) is 9.27. The topological polar surface area (TPSA) is 20.2 Å². The second-order valence-corrected chi connectivity index (χ2v) is 7.61. The zero-order chi connectivity index (χ0) is 18.3. The predicted molar refractivity (Wildman–Crippen MR) is 111 cm³/mol. The lowest BCUT2D eigenvalue weighted by molar-refractivity contribution is 0.321. The summed E-state index contributed by atoms with van der Waals surface area (Å²) in [5, 5.41) is 12.9. The Balaban J connectivity index is 2.78. The van der Waals surface area contributed by atoms with Crippen LogP contribution in [0.4, 0.5) is 0 Å². The van der Waals surface area contributed by atoms with Gasteiger partial charge in [-0.15, -0.1) is 0 Å². The number of aryl methyl sites for hydroxylation is 1. The summed E-state index contributed by atoms with van der Waals surface area (Å²) in [5.41, 5.74) is 3.16. The number of benzene rings is 2. The number of fused-ring (bicyclic) bond motifs is 1. The van der Waals surface area contributed by atoms with Crippen molar-refractivity contribution in [2.75, 3.05) is 0 Å². The van der Waals surface area contributed by atoms with E-state index in [4.69, 9.17) is 0 Å². The average Bonchev–Trinajstić information content (AvgIpc) is 2.61. The molecule has 0 unspecified atom stereocenters. The highest BCUT2D eigenvalue weighted by atomic mass is 16.3. The van der Waals surface area contributed by atoms with Crippen LogP contribution in [0.1, 0.15) is 90.2 Å². The lowest BCUT2D eigenvalue weighted by Gasteiger charge is -2.37. The first-order valence-corrected chi connectivity index (χ1v) is 10.4. The van der Waals surface area contributed by atoms with Crippen molar-refractivity contribution in [1.82, 2.24) is 0 Å². The maximum Gasteiger partial charge on any atom is 0.123 e. The van der Waals surface area contributed by atoms with Gasteiger partial charge in [0.1, 0.15) is 5.75 Å². The number of phenols is 1. The van der Waals surface area contributed by atoms with E-state index in [1.807, 2.05) is 6.07 Å². The number of phenolic OH excluding ortho intramolecular Hbond substituents is 1. The molecule has 0 spiro atoms. The first kappa shape index (κ1) is 19.8. The number of aromatic hydroxyl groups is 1. The van der Waals surface area contributed by atoms with Crippen molar-refractivity contribution >= 4 is 10.8 Å². The lowest BCUT2D eigenvalue weighted by atomic mass is 9.67. The fourth-order valence-corrected chi connectivity index (χ4v) is 4.73. The third-order valence-corrected chi connectivity index (χ3v) is 5.62. The molecular weight excluding hydrogens is 304 g/mol. The molecule has 0 aliphatic carbocycles. The molecule has 0 bridgehead atoms. The Bertz CT molecular complexity index is 665. The van der Waals surface area contributed by atoms with Crippen molar-refractivity contribution in [3.05, 3.63) is 41.5 Å². The summed E-state index contributed by atoms with van der Waals surface area (Å²) < 4.78 is 0. The molecule has 0 radical (unpaired) electrons. The molecule has 2 aromatic rings. The highest BCUT2D eigenvalue weighted by Gasteiger charge is 2.33. The van der Waals surface area contributed by atoms with Gasteiger partial charge >= 0.3 is 0 Å². The summed E-state index contributed by atoms with van der Waals surface area (Å²) in [6, 6.07) is 10.5. The van der Waals surface area contributed by atoms with E-state index in [-0.39, 0.29) is 5.41 Å². The summed E-state index contributed by atoms with van der Waals surface area (Å²) in [6.07, 6.45) is 10.9. The van der Waals surface area contributed by atoms with E-state index < -0.39 is 0 Å². The Morgan fingerprint density at radius 3 is 2.00 bits per heavy atom. The van der Waals surface area contributed by atoms with Crippen molar-refractivity contribution in [3.63, 3.8) is 0 Å². The van der Waals surface area contributed by atoms with Gasteiger partial charge in [-0.1, -0.05) is 84.1 Å². The molecule has 2 rings (SSSR count). The molecule has 25 heavy (non-hydrogen) atoms. The molecule has 138 valence electrons. The minimum absolute atomic E-state index is 0.247. The fraction of sp³-hybridized carbons (Fsp3) is 0.583. The summed E-state index contributed by atoms with van der Waals surface area (Å²) >= 11 is 0. The first-order chi connectivity index (χ1) is 12.1. The van der Waals surface area contributed by atoms with Crippen LogP contribution in [0.25, 0.3) is 10.8 Å². The molecule has 0 atom stereocenters. The first-order valence-electron chi connectivity index (χ1n) is 10.4. The summed E-state index contributed by atoms with van der Waals surface area (Å²) in [5.74, 6) is 0.445. The maximum absolute atomic E-state index is 10.6. The van der Waals surface area contributed by atoms with Gasteiger partial charge in [-0.05, 0) is 53.7 Å². The third-order valence-electron chi connectivity index (χ3n) is 5.62. The molecule has 0 aliphatic heterocycles. The molecular formula is C24H36O. The van der Waals surface area contributed by atoms with E-state index in [2.05, 4.69) is 52.0 Å². The summed E-state index contributed by atoms with van der Waals surface area (Å²) in [6.45, 7) is 9.17. The van der Waals surface area contributed by atoms with Gasteiger partial charge in [0.2, 0.25) is 0 Å². The van der Waals surface area contributed by atoms with Crippen molar-refractivity contribution in [2.45, 2.75) is 90.9 Å². The van der Waals surface area contributed by atoms with Crippen LogP contribution >= 0.6 is 0 Å². The van der Waals surface area contributed by atoms with Crippen LogP contribution in [0.15, 0.2) is 30.3 Å². The number of unbranched alkanes of at least 4 members (excludes halogenated alkanes) is 1. The molecule has 0 saturated carbocycles. The molecule has 1 heteroatoms. The van der Waals surface area contributed by atoms with Gasteiger partial charge in [-0.25, -0.2) is 0 Å². The predicted octanol–water partition coefficient (Wildman–Crippen LogP) is 7.53. The van der Waals surface area contributed by atoms with Crippen LogP contribution in [-0.4, -0.2) is 5.11 Å². The largest absolute Gasteiger partial charge is 0.507 e.